The van der Waals surface area contributed by atoms with Crippen LogP contribution in [-0.2, 0) is 4.79 Å². The van der Waals surface area contributed by atoms with Crippen molar-refractivity contribution in [3.8, 4) is 0 Å². The van der Waals surface area contributed by atoms with E-state index in [1.807, 2.05) is 13.8 Å². The zero-order valence-electron chi connectivity index (χ0n) is 11.0. The van der Waals surface area contributed by atoms with Crippen LogP contribution in [-0.4, -0.2) is 21.7 Å². The van der Waals surface area contributed by atoms with Gasteiger partial charge in [0, 0.05) is 22.2 Å². The number of halogens is 2. The molecule has 0 atom stereocenters. The highest BCUT2D eigenvalue weighted by Gasteiger charge is 2.32. The lowest BCUT2D eigenvalue weighted by molar-refractivity contribution is -0.122. The zero-order valence-corrected chi connectivity index (χ0v) is 14.2. The van der Waals surface area contributed by atoms with Crippen molar-refractivity contribution in [1.82, 2.24) is 4.90 Å². The molecule has 1 fully saturated rings. The number of nitrogens with zero attached hydrogens (tertiary/aromatic N) is 1. The molecule has 6 heteroatoms. The highest BCUT2D eigenvalue weighted by atomic mass is 35.5. The van der Waals surface area contributed by atoms with Crippen molar-refractivity contribution < 1.29 is 4.79 Å². The molecule has 1 aliphatic rings. The molecule has 1 aromatic carbocycles. The van der Waals surface area contributed by atoms with Gasteiger partial charge >= 0.3 is 0 Å². The van der Waals surface area contributed by atoms with Gasteiger partial charge in [-0.1, -0.05) is 67.1 Å². The maximum absolute atomic E-state index is 12.3. The van der Waals surface area contributed by atoms with Gasteiger partial charge in [-0.3, -0.25) is 9.69 Å². The maximum Gasteiger partial charge on any atom is 0.266 e. The highest BCUT2D eigenvalue weighted by Crippen LogP contribution is 2.35. The molecule has 1 aromatic rings. The Bertz CT molecular complexity index is 579. The topological polar surface area (TPSA) is 20.3 Å². The third-order valence-corrected chi connectivity index (χ3v) is 4.73. The van der Waals surface area contributed by atoms with Crippen molar-refractivity contribution in [2.24, 2.45) is 5.92 Å². The van der Waals surface area contributed by atoms with Crippen LogP contribution < -0.4 is 0 Å². The average Bonchev–Trinajstić information content (AvgIpc) is 2.61. The van der Waals surface area contributed by atoms with Crippen LogP contribution in [0.25, 0.3) is 6.08 Å². The van der Waals surface area contributed by atoms with Crippen molar-refractivity contribution in [2.75, 3.05) is 6.54 Å². The quantitative estimate of drug-likeness (QED) is 0.576. The van der Waals surface area contributed by atoms with Gasteiger partial charge in [0.25, 0.3) is 5.91 Å². The van der Waals surface area contributed by atoms with E-state index in [9.17, 15) is 4.79 Å². The summed E-state index contributed by atoms with van der Waals surface area (Å²) < 4.78 is 0.582. The summed E-state index contributed by atoms with van der Waals surface area (Å²) in [6.45, 7) is 4.72. The van der Waals surface area contributed by atoms with Gasteiger partial charge in [0.1, 0.15) is 4.32 Å². The van der Waals surface area contributed by atoms with Gasteiger partial charge in [0.15, 0.2) is 0 Å². The minimum absolute atomic E-state index is 0.0790. The summed E-state index contributed by atoms with van der Waals surface area (Å²) in [7, 11) is 0. The fourth-order valence-electron chi connectivity index (χ4n) is 1.80. The van der Waals surface area contributed by atoms with E-state index in [1.54, 1.807) is 29.2 Å². The van der Waals surface area contributed by atoms with E-state index in [0.717, 1.165) is 0 Å². The second kappa shape index (κ2) is 6.48. The smallest absolute Gasteiger partial charge is 0.266 e. The van der Waals surface area contributed by atoms with Gasteiger partial charge < -0.3 is 0 Å². The van der Waals surface area contributed by atoms with Crippen LogP contribution in [0.2, 0.25) is 10.0 Å². The first-order chi connectivity index (χ1) is 9.40. The number of rotatable bonds is 3. The number of hydrogen-bond donors (Lipinski definition) is 0. The Morgan fingerprint density at radius 2 is 1.95 bits per heavy atom. The molecule has 1 aliphatic heterocycles. The molecular formula is C14H13Cl2NOS2. The molecule has 2 rings (SSSR count). The molecule has 0 bridgehead atoms. The van der Waals surface area contributed by atoms with Crippen LogP contribution in [0, 0.1) is 5.92 Å². The first-order valence-corrected chi connectivity index (χ1v) is 8.07. The summed E-state index contributed by atoms with van der Waals surface area (Å²) in [4.78, 5) is 14.5. The van der Waals surface area contributed by atoms with Crippen LogP contribution in [0.1, 0.15) is 19.4 Å². The monoisotopic (exact) mass is 345 g/mol. The van der Waals surface area contributed by atoms with Gasteiger partial charge in [0.2, 0.25) is 0 Å². The Morgan fingerprint density at radius 1 is 1.35 bits per heavy atom. The molecule has 1 saturated heterocycles. The summed E-state index contributed by atoms with van der Waals surface area (Å²) in [5.74, 6) is 0.283. The van der Waals surface area contributed by atoms with Crippen molar-refractivity contribution in [3.63, 3.8) is 0 Å². The largest absolute Gasteiger partial charge is 0.293 e. The number of hydrogen-bond acceptors (Lipinski definition) is 3. The lowest BCUT2D eigenvalue weighted by atomic mass is 10.2. The van der Waals surface area contributed by atoms with Crippen molar-refractivity contribution in [1.29, 1.82) is 0 Å². The molecule has 0 aromatic heterocycles. The normalized spacial score (nSPS) is 17.6. The van der Waals surface area contributed by atoms with Gasteiger partial charge in [-0.15, -0.1) is 0 Å². The van der Waals surface area contributed by atoms with Crippen molar-refractivity contribution in [2.45, 2.75) is 13.8 Å². The number of amides is 1. The Kier molecular flexibility index (Phi) is 5.13. The predicted octanol–water partition coefficient (Wildman–Crippen LogP) is 4.85. The van der Waals surface area contributed by atoms with Crippen molar-refractivity contribution in [3.05, 3.63) is 38.7 Å². The molecule has 0 saturated carbocycles. The summed E-state index contributed by atoms with van der Waals surface area (Å²) >= 11 is 18.8. The average molecular weight is 346 g/mol. The standard InChI is InChI=1S/C14H13Cl2NOS2/c1-8(2)7-17-13(18)12(20-14(17)19)6-9-10(15)4-3-5-11(9)16/h3-6,8H,7H2,1-2H3/b12-6+. The van der Waals surface area contributed by atoms with Crippen molar-refractivity contribution >= 4 is 63.5 Å². The van der Waals surface area contributed by atoms with E-state index in [0.29, 0.717) is 37.3 Å². The number of thiocarbonyl (C=S) groups is 1. The molecule has 2 nitrogen and oxygen atoms in total. The predicted molar refractivity (Wildman–Crippen MR) is 91.2 cm³/mol. The third-order valence-electron chi connectivity index (χ3n) is 2.70. The third kappa shape index (κ3) is 3.37. The van der Waals surface area contributed by atoms with E-state index in [2.05, 4.69) is 0 Å². The van der Waals surface area contributed by atoms with Gasteiger partial charge in [-0.2, -0.15) is 0 Å². The molecule has 20 heavy (non-hydrogen) atoms. The first kappa shape index (κ1) is 15.8. The minimum atomic E-state index is -0.0790. The lowest BCUT2D eigenvalue weighted by Gasteiger charge is -2.16. The van der Waals surface area contributed by atoms with E-state index < -0.39 is 0 Å². The number of benzene rings is 1. The SMILES string of the molecule is CC(C)CN1C(=O)/C(=C\c2c(Cl)cccc2Cl)SC1=S. The van der Waals surface area contributed by atoms with Crippen LogP contribution in [0.4, 0.5) is 0 Å². The second-order valence-corrected chi connectivity index (χ2v) is 7.31. The molecule has 0 aliphatic carbocycles. The molecule has 1 heterocycles. The molecule has 106 valence electrons. The van der Waals surface area contributed by atoms with Crippen LogP contribution >= 0.6 is 47.2 Å². The number of carbonyl (C=O) groups is 1. The van der Waals surface area contributed by atoms with Gasteiger partial charge in [-0.05, 0) is 24.1 Å². The number of carbonyl (C=O) groups excluding carboxylic acids is 1. The summed E-state index contributed by atoms with van der Waals surface area (Å²) in [5.41, 5.74) is 0.654. The van der Waals surface area contributed by atoms with Crippen LogP contribution in [0.3, 0.4) is 0 Å². The zero-order chi connectivity index (χ0) is 14.9. The summed E-state index contributed by atoms with van der Waals surface area (Å²) in [5, 5.41) is 1.04. The Hall–Kier alpha value is -0.550. The Balaban J connectivity index is 2.33. The second-order valence-electron chi connectivity index (χ2n) is 4.82. The van der Waals surface area contributed by atoms with Crippen LogP contribution in [0.15, 0.2) is 23.1 Å². The fraction of sp³-hybridized carbons (Fsp3) is 0.286. The summed E-state index contributed by atoms with van der Waals surface area (Å²) in [6.07, 6.45) is 1.71. The van der Waals surface area contributed by atoms with Gasteiger partial charge in [-0.25, -0.2) is 0 Å². The maximum atomic E-state index is 12.3. The molecule has 0 unspecified atom stereocenters. The highest BCUT2D eigenvalue weighted by molar-refractivity contribution is 8.26. The molecule has 0 spiro atoms. The van der Waals surface area contributed by atoms with E-state index in [1.165, 1.54) is 11.8 Å². The fourth-order valence-corrected chi connectivity index (χ4v) is 3.57. The van der Waals surface area contributed by atoms with E-state index in [-0.39, 0.29) is 5.91 Å². The molecular weight excluding hydrogens is 333 g/mol. The summed E-state index contributed by atoms with van der Waals surface area (Å²) in [6, 6.07) is 5.26. The Labute approximate surface area is 138 Å². The molecule has 0 radical (unpaired) electrons. The van der Waals surface area contributed by atoms with E-state index >= 15 is 0 Å². The van der Waals surface area contributed by atoms with Crippen LogP contribution in [0.5, 0.6) is 0 Å². The minimum Gasteiger partial charge on any atom is -0.293 e. The van der Waals surface area contributed by atoms with E-state index in [4.69, 9.17) is 35.4 Å². The molecule has 1 amide bonds. The molecule has 0 N–H and O–H groups in total. The number of thioether (sulfide) groups is 1. The Morgan fingerprint density at radius 3 is 2.50 bits per heavy atom. The first-order valence-electron chi connectivity index (χ1n) is 6.09. The van der Waals surface area contributed by atoms with Gasteiger partial charge in [0.05, 0.1) is 4.91 Å². The lowest BCUT2D eigenvalue weighted by Crippen LogP contribution is -2.31.